The molecule has 1 N–H and O–H groups in total. The Morgan fingerprint density at radius 3 is 2.79 bits per heavy atom. The lowest BCUT2D eigenvalue weighted by Crippen LogP contribution is -2.18. The van der Waals surface area contributed by atoms with E-state index in [-0.39, 0.29) is 6.61 Å². The second-order valence-corrected chi connectivity index (χ2v) is 5.32. The summed E-state index contributed by atoms with van der Waals surface area (Å²) in [4.78, 5) is 23.6. The van der Waals surface area contributed by atoms with Crippen LogP contribution in [0.15, 0.2) is 40.8 Å². The summed E-state index contributed by atoms with van der Waals surface area (Å²) in [7, 11) is 1.47. The molecule has 24 heavy (non-hydrogen) atoms. The van der Waals surface area contributed by atoms with Gasteiger partial charge >= 0.3 is 12.1 Å². The van der Waals surface area contributed by atoms with Crippen LogP contribution >= 0.6 is 11.3 Å². The number of ether oxygens (including phenoxy) is 3. The van der Waals surface area contributed by atoms with Gasteiger partial charge in [0, 0.05) is 0 Å². The lowest BCUT2D eigenvalue weighted by molar-refractivity contribution is 0.0734. The number of nitrogens with one attached hydrogen (secondary N) is 1. The fraction of sp³-hybridized carbons (Fsp3) is 0.188. The molecule has 1 heterocycles. The number of hydrazone groups is 1. The van der Waals surface area contributed by atoms with Gasteiger partial charge in [0.1, 0.15) is 4.88 Å². The Bertz CT molecular complexity index is 728. The molecule has 0 saturated carbocycles. The fourth-order valence-corrected chi connectivity index (χ4v) is 2.32. The number of hydrogen-bond donors (Lipinski definition) is 1. The van der Waals surface area contributed by atoms with E-state index in [0.29, 0.717) is 21.9 Å². The van der Waals surface area contributed by atoms with Crippen molar-refractivity contribution in [1.82, 2.24) is 5.43 Å². The van der Waals surface area contributed by atoms with Crippen molar-refractivity contribution >= 4 is 29.6 Å². The molecule has 8 heteroatoms. The van der Waals surface area contributed by atoms with Gasteiger partial charge in [-0.2, -0.15) is 5.10 Å². The molecule has 126 valence electrons. The van der Waals surface area contributed by atoms with Gasteiger partial charge in [0.15, 0.2) is 11.5 Å². The van der Waals surface area contributed by atoms with Crippen LogP contribution in [0.25, 0.3) is 0 Å². The standard InChI is InChI=1S/C16H16N2O5S/c1-3-22-16(20)18-17-10-11-6-7-12(13(9-11)21-2)23-15(19)14-5-4-8-24-14/h4-10H,3H2,1-2H3,(H,18,20)/b17-10-. The lowest BCUT2D eigenvalue weighted by atomic mass is 10.2. The quantitative estimate of drug-likeness (QED) is 0.375. The third-order valence-electron chi connectivity index (χ3n) is 2.76. The van der Waals surface area contributed by atoms with Crippen molar-refractivity contribution in [1.29, 1.82) is 0 Å². The summed E-state index contributed by atoms with van der Waals surface area (Å²) in [5.74, 6) is 0.222. The van der Waals surface area contributed by atoms with E-state index < -0.39 is 12.1 Å². The van der Waals surface area contributed by atoms with Crippen LogP contribution in [0.2, 0.25) is 0 Å². The van der Waals surface area contributed by atoms with Crippen LogP contribution in [0.4, 0.5) is 4.79 Å². The first-order valence-corrected chi connectivity index (χ1v) is 7.91. The number of nitrogens with zero attached hydrogens (tertiary/aromatic N) is 1. The Kier molecular flexibility index (Phi) is 6.32. The molecule has 2 aromatic rings. The highest BCUT2D eigenvalue weighted by molar-refractivity contribution is 7.12. The van der Waals surface area contributed by atoms with E-state index in [1.54, 1.807) is 42.6 Å². The topological polar surface area (TPSA) is 86.2 Å². The second-order valence-electron chi connectivity index (χ2n) is 4.37. The van der Waals surface area contributed by atoms with E-state index in [2.05, 4.69) is 15.3 Å². The summed E-state index contributed by atoms with van der Waals surface area (Å²) in [6.45, 7) is 1.96. The van der Waals surface area contributed by atoms with Crippen molar-refractivity contribution in [2.75, 3.05) is 13.7 Å². The molecule has 7 nitrogen and oxygen atoms in total. The van der Waals surface area contributed by atoms with Crippen LogP contribution in [-0.2, 0) is 4.74 Å². The van der Waals surface area contributed by atoms with Crippen molar-refractivity contribution in [2.24, 2.45) is 5.10 Å². The molecule has 0 aliphatic carbocycles. The smallest absolute Gasteiger partial charge is 0.427 e. The summed E-state index contributed by atoms with van der Waals surface area (Å²) in [6, 6.07) is 8.36. The molecule has 0 aliphatic heterocycles. The number of benzene rings is 1. The average Bonchev–Trinajstić information content (AvgIpc) is 3.11. The van der Waals surface area contributed by atoms with E-state index in [1.165, 1.54) is 24.7 Å². The first-order valence-electron chi connectivity index (χ1n) is 7.03. The Morgan fingerprint density at radius 2 is 2.12 bits per heavy atom. The summed E-state index contributed by atoms with van der Waals surface area (Å²) in [6.07, 6.45) is 0.784. The molecule has 0 radical (unpaired) electrons. The largest absolute Gasteiger partial charge is 0.493 e. The molecule has 1 amide bonds. The second kappa shape index (κ2) is 8.68. The van der Waals surface area contributed by atoms with Gasteiger partial charge in [-0.25, -0.2) is 15.0 Å². The lowest BCUT2D eigenvalue weighted by Gasteiger charge is -2.09. The molecule has 0 aliphatic rings. The zero-order chi connectivity index (χ0) is 17.4. The number of amides is 1. The van der Waals surface area contributed by atoms with Gasteiger partial charge in [-0.1, -0.05) is 6.07 Å². The van der Waals surface area contributed by atoms with Crippen LogP contribution in [0, 0.1) is 0 Å². The van der Waals surface area contributed by atoms with Gasteiger partial charge in [-0.3, -0.25) is 0 Å². The maximum atomic E-state index is 12.0. The molecule has 1 aromatic heterocycles. The van der Waals surface area contributed by atoms with Gasteiger partial charge in [0.05, 0.1) is 19.9 Å². The van der Waals surface area contributed by atoms with Gasteiger partial charge in [-0.15, -0.1) is 11.3 Å². The minimum absolute atomic E-state index is 0.263. The third kappa shape index (κ3) is 4.82. The minimum atomic E-state index is -0.637. The van der Waals surface area contributed by atoms with E-state index in [0.717, 1.165) is 0 Å². The third-order valence-corrected chi connectivity index (χ3v) is 3.61. The predicted molar refractivity (Wildman–Crippen MR) is 90.0 cm³/mol. The molecule has 0 spiro atoms. The maximum absolute atomic E-state index is 12.0. The molecular weight excluding hydrogens is 332 g/mol. The van der Waals surface area contributed by atoms with Crippen LogP contribution in [-0.4, -0.2) is 32.0 Å². The number of rotatable bonds is 6. The predicted octanol–water partition coefficient (Wildman–Crippen LogP) is 3.06. The zero-order valence-corrected chi connectivity index (χ0v) is 14.0. The highest BCUT2D eigenvalue weighted by Crippen LogP contribution is 2.28. The van der Waals surface area contributed by atoms with Crippen molar-refractivity contribution < 1.29 is 23.8 Å². The van der Waals surface area contributed by atoms with Gasteiger partial charge in [0.25, 0.3) is 0 Å². The summed E-state index contributed by atoms with van der Waals surface area (Å²) in [5, 5.41) is 5.55. The van der Waals surface area contributed by atoms with Crippen LogP contribution in [0.5, 0.6) is 11.5 Å². The summed E-state index contributed by atoms with van der Waals surface area (Å²) < 4.78 is 15.2. The highest BCUT2D eigenvalue weighted by Gasteiger charge is 2.13. The molecule has 0 bridgehead atoms. The number of thiophene rings is 1. The monoisotopic (exact) mass is 348 g/mol. The molecular formula is C16H16N2O5S. The first kappa shape index (κ1) is 17.5. The fourth-order valence-electron chi connectivity index (χ4n) is 1.72. The van der Waals surface area contributed by atoms with Crippen molar-refractivity contribution in [3.8, 4) is 11.5 Å². The molecule has 0 atom stereocenters. The first-order chi connectivity index (χ1) is 11.6. The number of carbonyl (C=O) groups is 2. The molecule has 2 rings (SSSR count). The van der Waals surface area contributed by atoms with E-state index in [1.807, 2.05) is 0 Å². The zero-order valence-electron chi connectivity index (χ0n) is 13.1. The van der Waals surface area contributed by atoms with Gasteiger partial charge in [-0.05, 0) is 42.1 Å². The molecule has 1 aromatic carbocycles. The van der Waals surface area contributed by atoms with Crippen LogP contribution in [0.3, 0.4) is 0 Å². The van der Waals surface area contributed by atoms with Crippen molar-refractivity contribution in [3.05, 3.63) is 46.2 Å². The SMILES string of the molecule is CCOC(=O)N/N=C\c1ccc(OC(=O)c2cccs2)c(OC)c1. The summed E-state index contributed by atoms with van der Waals surface area (Å²) in [5.41, 5.74) is 2.87. The van der Waals surface area contributed by atoms with Crippen LogP contribution < -0.4 is 14.9 Å². The normalized spacial score (nSPS) is 10.4. The minimum Gasteiger partial charge on any atom is -0.493 e. The number of esters is 1. The summed E-state index contributed by atoms with van der Waals surface area (Å²) >= 11 is 1.30. The molecule has 0 unspecified atom stereocenters. The number of methoxy groups -OCH3 is 1. The number of hydrogen-bond acceptors (Lipinski definition) is 7. The van der Waals surface area contributed by atoms with Gasteiger partial charge in [0.2, 0.25) is 0 Å². The number of carbonyl (C=O) groups excluding carboxylic acids is 2. The molecule has 0 saturated heterocycles. The van der Waals surface area contributed by atoms with E-state index >= 15 is 0 Å². The Morgan fingerprint density at radius 1 is 1.29 bits per heavy atom. The average molecular weight is 348 g/mol. The maximum Gasteiger partial charge on any atom is 0.427 e. The van der Waals surface area contributed by atoms with E-state index in [9.17, 15) is 9.59 Å². The Hall–Kier alpha value is -2.87. The van der Waals surface area contributed by atoms with Crippen molar-refractivity contribution in [3.63, 3.8) is 0 Å². The highest BCUT2D eigenvalue weighted by atomic mass is 32.1. The van der Waals surface area contributed by atoms with Crippen molar-refractivity contribution in [2.45, 2.75) is 6.92 Å². The molecule has 0 fully saturated rings. The van der Waals surface area contributed by atoms with Crippen LogP contribution in [0.1, 0.15) is 22.2 Å². The Balaban J connectivity index is 2.05. The van der Waals surface area contributed by atoms with Gasteiger partial charge < -0.3 is 14.2 Å². The Labute approximate surface area is 142 Å². The van der Waals surface area contributed by atoms with E-state index in [4.69, 9.17) is 9.47 Å².